The van der Waals surface area contributed by atoms with Gasteiger partial charge in [0.15, 0.2) is 6.10 Å². The Hall–Kier alpha value is -2.29. The quantitative estimate of drug-likeness (QED) is 0.895. The monoisotopic (exact) mass is 297 g/mol. The van der Waals surface area contributed by atoms with Crippen LogP contribution in [0.1, 0.15) is 30.5 Å². The number of carbonyl (C=O) groups is 1. The fourth-order valence-corrected chi connectivity index (χ4v) is 2.36. The molecule has 0 fully saturated rings. The van der Waals surface area contributed by atoms with Crippen LogP contribution in [0.25, 0.3) is 0 Å². The van der Waals surface area contributed by atoms with E-state index in [0.717, 1.165) is 29.0 Å². The lowest BCUT2D eigenvalue weighted by Gasteiger charge is -2.17. The van der Waals surface area contributed by atoms with Gasteiger partial charge in [-0.05, 0) is 50.5 Å². The summed E-state index contributed by atoms with van der Waals surface area (Å²) in [5.74, 6) is 0.609. The first kappa shape index (κ1) is 16.1. The number of hydrogen-bond donors (Lipinski definition) is 1. The highest BCUT2D eigenvalue weighted by Crippen LogP contribution is 2.21. The molecule has 116 valence electrons. The average molecular weight is 297 g/mol. The topological polar surface area (TPSA) is 38.3 Å². The van der Waals surface area contributed by atoms with Crippen LogP contribution in [0, 0.1) is 13.8 Å². The van der Waals surface area contributed by atoms with Crippen molar-refractivity contribution in [3.05, 3.63) is 59.2 Å². The van der Waals surface area contributed by atoms with E-state index < -0.39 is 6.10 Å². The molecule has 3 heteroatoms. The molecule has 22 heavy (non-hydrogen) atoms. The Kier molecular flexibility index (Phi) is 5.21. The summed E-state index contributed by atoms with van der Waals surface area (Å²) in [5.41, 5.74) is 4.19. The number of nitrogens with one attached hydrogen (secondary N) is 1. The van der Waals surface area contributed by atoms with Crippen molar-refractivity contribution in [3.8, 4) is 5.75 Å². The van der Waals surface area contributed by atoms with Gasteiger partial charge in [0.1, 0.15) is 5.75 Å². The van der Waals surface area contributed by atoms with Crippen LogP contribution < -0.4 is 10.1 Å². The number of carbonyl (C=O) groups excluding carboxylic acids is 1. The molecule has 0 saturated carbocycles. The highest BCUT2D eigenvalue weighted by atomic mass is 16.5. The minimum absolute atomic E-state index is 0.138. The molecule has 0 aliphatic carbocycles. The second kappa shape index (κ2) is 7.12. The molecule has 0 aliphatic heterocycles. The van der Waals surface area contributed by atoms with Crippen LogP contribution in [-0.4, -0.2) is 12.0 Å². The van der Waals surface area contributed by atoms with E-state index in [0.29, 0.717) is 0 Å². The second-order valence-corrected chi connectivity index (χ2v) is 5.53. The van der Waals surface area contributed by atoms with E-state index in [9.17, 15) is 4.79 Å². The Balaban J connectivity index is 2.06. The highest BCUT2D eigenvalue weighted by Gasteiger charge is 2.16. The molecule has 0 aromatic heterocycles. The molecule has 0 radical (unpaired) electrons. The standard InChI is InChI=1S/C19H23NO2/c1-5-16-8-6-7-9-17(16)20-19(21)15(4)22-18-11-10-13(2)12-14(18)3/h6-12,15H,5H2,1-4H3,(H,20,21). The highest BCUT2D eigenvalue weighted by molar-refractivity contribution is 5.94. The Morgan fingerprint density at radius 3 is 2.59 bits per heavy atom. The number of para-hydroxylation sites is 1. The maximum absolute atomic E-state index is 12.3. The normalized spacial score (nSPS) is 11.8. The molecule has 0 bridgehead atoms. The first-order chi connectivity index (χ1) is 10.5. The molecule has 2 aromatic carbocycles. The number of rotatable bonds is 5. The Morgan fingerprint density at radius 1 is 1.18 bits per heavy atom. The second-order valence-electron chi connectivity index (χ2n) is 5.53. The van der Waals surface area contributed by atoms with Crippen LogP contribution in [0.3, 0.4) is 0 Å². The van der Waals surface area contributed by atoms with Crippen molar-refractivity contribution in [3.63, 3.8) is 0 Å². The van der Waals surface area contributed by atoms with E-state index >= 15 is 0 Å². The molecule has 0 spiro atoms. The molecule has 2 aromatic rings. The zero-order valence-corrected chi connectivity index (χ0v) is 13.6. The third kappa shape index (κ3) is 3.88. The fourth-order valence-electron chi connectivity index (χ4n) is 2.36. The van der Waals surface area contributed by atoms with Gasteiger partial charge in [0.25, 0.3) is 5.91 Å². The summed E-state index contributed by atoms with van der Waals surface area (Å²) in [5, 5.41) is 2.95. The van der Waals surface area contributed by atoms with E-state index in [-0.39, 0.29) is 5.91 Å². The van der Waals surface area contributed by atoms with E-state index in [1.165, 1.54) is 5.56 Å². The summed E-state index contributed by atoms with van der Waals surface area (Å²) in [6.45, 7) is 7.86. The van der Waals surface area contributed by atoms with Crippen molar-refractivity contribution >= 4 is 11.6 Å². The van der Waals surface area contributed by atoms with Crippen molar-refractivity contribution in [2.24, 2.45) is 0 Å². The lowest BCUT2D eigenvalue weighted by atomic mass is 10.1. The van der Waals surface area contributed by atoms with Gasteiger partial charge in [0.2, 0.25) is 0 Å². The van der Waals surface area contributed by atoms with Crippen molar-refractivity contribution in [2.75, 3.05) is 5.32 Å². The van der Waals surface area contributed by atoms with E-state index in [4.69, 9.17) is 4.74 Å². The molecule has 0 heterocycles. The van der Waals surface area contributed by atoms with Crippen molar-refractivity contribution in [1.29, 1.82) is 0 Å². The average Bonchev–Trinajstić information content (AvgIpc) is 2.50. The number of aryl methyl sites for hydroxylation is 3. The van der Waals surface area contributed by atoms with Crippen LogP contribution in [0.4, 0.5) is 5.69 Å². The summed E-state index contributed by atoms with van der Waals surface area (Å²) in [4.78, 5) is 12.3. The predicted octanol–water partition coefficient (Wildman–Crippen LogP) is 4.27. The number of ether oxygens (including phenoxy) is 1. The third-order valence-electron chi connectivity index (χ3n) is 3.66. The van der Waals surface area contributed by atoms with Gasteiger partial charge in [0.05, 0.1) is 0 Å². The minimum atomic E-state index is -0.550. The van der Waals surface area contributed by atoms with Crippen LogP contribution in [0.2, 0.25) is 0 Å². The Labute approximate surface area is 132 Å². The largest absolute Gasteiger partial charge is 0.481 e. The zero-order valence-electron chi connectivity index (χ0n) is 13.6. The molecule has 3 nitrogen and oxygen atoms in total. The lowest BCUT2D eigenvalue weighted by Crippen LogP contribution is -2.30. The summed E-state index contributed by atoms with van der Waals surface area (Å²) < 4.78 is 5.80. The molecular weight excluding hydrogens is 274 g/mol. The van der Waals surface area contributed by atoms with E-state index in [2.05, 4.69) is 12.2 Å². The molecule has 1 N–H and O–H groups in total. The van der Waals surface area contributed by atoms with Gasteiger partial charge < -0.3 is 10.1 Å². The lowest BCUT2D eigenvalue weighted by molar-refractivity contribution is -0.122. The minimum Gasteiger partial charge on any atom is -0.481 e. The first-order valence-electron chi connectivity index (χ1n) is 7.64. The number of hydrogen-bond acceptors (Lipinski definition) is 2. The van der Waals surface area contributed by atoms with Gasteiger partial charge in [-0.1, -0.05) is 42.8 Å². The Bertz CT molecular complexity index is 664. The molecule has 0 saturated heterocycles. The van der Waals surface area contributed by atoms with Crippen LogP contribution in [0.5, 0.6) is 5.75 Å². The van der Waals surface area contributed by atoms with Gasteiger partial charge in [-0.15, -0.1) is 0 Å². The SMILES string of the molecule is CCc1ccccc1NC(=O)C(C)Oc1ccc(C)cc1C. The van der Waals surface area contributed by atoms with Crippen molar-refractivity contribution in [1.82, 2.24) is 0 Å². The van der Waals surface area contributed by atoms with Crippen molar-refractivity contribution in [2.45, 2.75) is 40.2 Å². The summed E-state index contributed by atoms with van der Waals surface area (Å²) in [7, 11) is 0. The van der Waals surface area contributed by atoms with E-state index in [1.807, 2.05) is 56.3 Å². The third-order valence-corrected chi connectivity index (χ3v) is 3.66. The summed E-state index contributed by atoms with van der Waals surface area (Å²) >= 11 is 0. The predicted molar refractivity (Wildman–Crippen MR) is 90.5 cm³/mol. The van der Waals surface area contributed by atoms with Gasteiger partial charge in [-0.3, -0.25) is 4.79 Å². The van der Waals surface area contributed by atoms with Gasteiger partial charge >= 0.3 is 0 Å². The van der Waals surface area contributed by atoms with Crippen molar-refractivity contribution < 1.29 is 9.53 Å². The smallest absolute Gasteiger partial charge is 0.265 e. The zero-order chi connectivity index (χ0) is 16.1. The number of amides is 1. The molecule has 1 amide bonds. The van der Waals surface area contributed by atoms with Gasteiger partial charge in [-0.25, -0.2) is 0 Å². The summed E-state index contributed by atoms with van der Waals surface area (Å²) in [6, 6.07) is 13.8. The molecule has 2 rings (SSSR count). The van der Waals surface area contributed by atoms with Crippen LogP contribution in [-0.2, 0) is 11.2 Å². The molecular formula is C19H23NO2. The Morgan fingerprint density at radius 2 is 1.91 bits per heavy atom. The maximum atomic E-state index is 12.3. The van der Waals surface area contributed by atoms with Crippen LogP contribution >= 0.6 is 0 Å². The number of benzene rings is 2. The van der Waals surface area contributed by atoms with Gasteiger partial charge in [0, 0.05) is 5.69 Å². The maximum Gasteiger partial charge on any atom is 0.265 e. The number of anilines is 1. The molecule has 0 aliphatic rings. The first-order valence-corrected chi connectivity index (χ1v) is 7.64. The molecule has 1 unspecified atom stereocenters. The fraction of sp³-hybridized carbons (Fsp3) is 0.316. The molecule has 1 atom stereocenters. The van der Waals surface area contributed by atoms with Gasteiger partial charge in [-0.2, -0.15) is 0 Å². The van der Waals surface area contributed by atoms with E-state index in [1.54, 1.807) is 6.92 Å². The summed E-state index contributed by atoms with van der Waals surface area (Å²) in [6.07, 6.45) is 0.328. The van der Waals surface area contributed by atoms with Crippen LogP contribution in [0.15, 0.2) is 42.5 Å².